The van der Waals surface area contributed by atoms with Crippen LogP contribution in [0.5, 0.6) is 5.75 Å². The first kappa shape index (κ1) is 11.8. The largest absolute Gasteiger partial charge is 0.507 e. The summed E-state index contributed by atoms with van der Waals surface area (Å²) in [5, 5.41) is 17.9. The number of carbonyl (C=O) groups is 1. The number of nitrogens with zero attached hydrogens (tertiary/aromatic N) is 1. The van der Waals surface area contributed by atoms with Gasteiger partial charge in [0.15, 0.2) is 5.78 Å². The second-order valence-corrected chi connectivity index (χ2v) is 3.38. The van der Waals surface area contributed by atoms with Crippen molar-refractivity contribution in [3.8, 4) is 23.7 Å². The molecule has 0 aliphatic carbocycles. The van der Waals surface area contributed by atoms with Gasteiger partial charge in [-0.1, -0.05) is 11.8 Å². The highest BCUT2D eigenvalue weighted by Crippen LogP contribution is 2.22. The Balaban J connectivity index is 3.18. The zero-order valence-corrected chi connectivity index (χ0v) is 9.16. The standard InChI is InChI=1S/C13H11NO2/c1-9-7-12(10(2)15)13(16)8-11(9)5-3-4-6-14/h7-8,16H,4H2,1-2H3. The predicted octanol–water partition coefficient (Wildman–Crippen LogP) is 2.17. The summed E-state index contributed by atoms with van der Waals surface area (Å²) in [5.74, 6) is 5.18. The Kier molecular flexibility index (Phi) is 3.69. The number of hydrogen-bond acceptors (Lipinski definition) is 3. The van der Waals surface area contributed by atoms with Crippen molar-refractivity contribution in [2.24, 2.45) is 0 Å². The Hall–Kier alpha value is -2.26. The van der Waals surface area contributed by atoms with E-state index < -0.39 is 0 Å². The number of hydrogen-bond donors (Lipinski definition) is 1. The zero-order chi connectivity index (χ0) is 12.1. The molecule has 1 aromatic carbocycles. The molecule has 3 heteroatoms. The molecule has 0 atom stereocenters. The van der Waals surface area contributed by atoms with Crippen LogP contribution in [0.1, 0.15) is 34.8 Å². The van der Waals surface area contributed by atoms with Crippen LogP contribution in [0.25, 0.3) is 0 Å². The van der Waals surface area contributed by atoms with Gasteiger partial charge in [-0.05, 0) is 31.5 Å². The van der Waals surface area contributed by atoms with Gasteiger partial charge in [0.05, 0.1) is 18.1 Å². The maximum absolute atomic E-state index is 11.2. The molecule has 16 heavy (non-hydrogen) atoms. The van der Waals surface area contributed by atoms with Crippen LogP contribution in [-0.2, 0) is 0 Å². The van der Waals surface area contributed by atoms with Crippen LogP contribution in [0.3, 0.4) is 0 Å². The number of Topliss-reactive ketones (excluding diaryl/α,β-unsaturated/α-hetero) is 1. The highest BCUT2D eigenvalue weighted by Gasteiger charge is 2.08. The van der Waals surface area contributed by atoms with E-state index in [0.717, 1.165) is 5.56 Å². The maximum Gasteiger partial charge on any atom is 0.163 e. The van der Waals surface area contributed by atoms with Gasteiger partial charge in [0, 0.05) is 5.56 Å². The van der Waals surface area contributed by atoms with Crippen molar-refractivity contribution in [3.63, 3.8) is 0 Å². The van der Waals surface area contributed by atoms with Crippen molar-refractivity contribution in [3.05, 3.63) is 28.8 Å². The van der Waals surface area contributed by atoms with Crippen LogP contribution < -0.4 is 0 Å². The summed E-state index contributed by atoms with van der Waals surface area (Å²) < 4.78 is 0. The van der Waals surface area contributed by atoms with Gasteiger partial charge in [0.25, 0.3) is 0 Å². The van der Waals surface area contributed by atoms with E-state index in [1.54, 1.807) is 6.07 Å². The first-order chi connectivity index (χ1) is 7.56. The quantitative estimate of drug-likeness (QED) is 0.574. The van der Waals surface area contributed by atoms with Gasteiger partial charge in [-0.3, -0.25) is 4.79 Å². The van der Waals surface area contributed by atoms with Gasteiger partial charge in [-0.25, -0.2) is 0 Å². The second-order valence-electron chi connectivity index (χ2n) is 3.38. The number of phenolic OH excluding ortho intramolecular Hbond substituents is 1. The number of phenols is 1. The molecule has 0 saturated heterocycles. The molecule has 3 nitrogen and oxygen atoms in total. The summed E-state index contributed by atoms with van der Waals surface area (Å²) in [6, 6.07) is 4.97. The Morgan fingerprint density at radius 1 is 1.50 bits per heavy atom. The fraction of sp³-hybridized carbons (Fsp3) is 0.231. The lowest BCUT2D eigenvalue weighted by Gasteiger charge is -2.04. The van der Waals surface area contributed by atoms with Crippen LogP contribution in [0.4, 0.5) is 0 Å². The summed E-state index contributed by atoms with van der Waals surface area (Å²) in [6.45, 7) is 3.21. The van der Waals surface area contributed by atoms with Gasteiger partial charge < -0.3 is 5.11 Å². The fourth-order valence-electron chi connectivity index (χ4n) is 1.29. The van der Waals surface area contributed by atoms with Crippen LogP contribution in [0.15, 0.2) is 12.1 Å². The Morgan fingerprint density at radius 3 is 2.75 bits per heavy atom. The lowest BCUT2D eigenvalue weighted by Crippen LogP contribution is -1.95. The second kappa shape index (κ2) is 5.00. The van der Waals surface area contributed by atoms with E-state index in [2.05, 4.69) is 11.8 Å². The number of ketones is 1. The fourth-order valence-corrected chi connectivity index (χ4v) is 1.29. The van der Waals surface area contributed by atoms with Gasteiger partial charge in [-0.2, -0.15) is 5.26 Å². The summed E-state index contributed by atoms with van der Waals surface area (Å²) in [7, 11) is 0. The van der Waals surface area contributed by atoms with Crippen molar-refractivity contribution in [2.45, 2.75) is 20.3 Å². The molecule has 0 bridgehead atoms. The highest BCUT2D eigenvalue weighted by atomic mass is 16.3. The average molecular weight is 213 g/mol. The zero-order valence-electron chi connectivity index (χ0n) is 9.16. The highest BCUT2D eigenvalue weighted by molar-refractivity contribution is 5.97. The van der Waals surface area contributed by atoms with E-state index >= 15 is 0 Å². The molecule has 0 heterocycles. The molecule has 0 aliphatic rings. The van der Waals surface area contributed by atoms with Crippen molar-refractivity contribution < 1.29 is 9.90 Å². The Bertz CT molecular complexity index is 527. The minimum absolute atomic E-state index is 0.0700. The van der Waals surface area contributed by atoms with Crippen molar-refractivity contribution >= 4 is 5.78 Å². The summed E-state index contributed by atoms with van der Waals surface area (Å²) in [6.07, 6.45) is 0.147. The number of benzene rings is 1. The molecule has 0 spiro atoms. The van der Waals surface area contributed by atoms with Gasteiger partial charge in [0.2, 0.25) is 0 Å². The molecule has 0 amide bonds. The molecule has 0 saturated carbocycles. The summed E-state index contributed by atoms with van der Waals surface area (Å²) in [4.78, 5) is 11.2. The van der Waals surface area contributed by atoms with Crippen molar-refractivity contribution in [2.75, 3.05) is 0 Å². The number of nitriles is 1. The average Bonchev–Trinajstić information content (AvgIpc) is 2.22. The Labute approximate surface area is 94.3 Å². The molecule has 80 valence electrons. The summed E-state index contributed by atoms with van der Waals surface area (Å²) >= 11 is 0. The third-order valence-corrected chi connectivity index (χ3v) is 2.11. The molecule has 1 aromatic rings. The van der Waals surface area contributed by atoms with Crippen LogP contribution in [0, 0.1) is 30.1 Å². The topological polar surface area (TPSA) is 61.1 Å². The van der Waals surface area contributed by atoms with E-state index in [4.69, 9.17) is 5.26 Å². The van der Waals surface area contributed by atoms with E-state index in [9.17, 15) is 9.90 Å². The first-order valence-corrected chi connectivity index (χ1v) is 4.76. The van der Waals surface area contributed by atoms with E-state index in [0.29, 0.717) is 11.1 Å². The molecule has 0 aromatic heterocycles. The van der Waals surface area contributed by atoms with Gasteiger partial charge in [0.1, 0.15) is 5.75 Å². The third kappa shape index (κ3) is 2.62. The minimum atomic E-state index is -0.183. The third-order valence-electron chi connectivity index (χ3n) is 2.11. The smallest absolute Gasteiger partial charge is 0.163 e. The Morgan fingerprint density at radius 2 is 2.19 bits per heavy atom. The molecule has 1 rings (SSSR count). The minimum Gasteiger partial charge on any atom is -0.507 e. The van der Waals surface area contributed by atoms with Crippen LogP contribution in [0.2, 0.25) is 0 Å². The molecule has 0 aliphatic heterocycles. The van der Waals surface area contributed by atoms with Crippen LogP contribution in [-0.4, -0.2) is 10.9 Å². The molecule has 0 radical (unpaired) electrons. The number of aryl methyl sites for hydroxylation is 1. The maximum atomic E-state index is 11.2. The lowest BCUT2D eigenvalue weighted by molar-refractivity contribution is 0.101. The predicted molar refractivity (Wildman–Crippen MR) is 60.0 cm³/mol. The molecule has 1 N–H and O–H groups in total. The number of rotatable bonds is 1. The van der Waals surface area contributed by atoms with E-state index in [-0.39, 0.29) is 18.0 Å². The monoisotopic (exact) mass is 213 g/mol. The van der Waals surface area contributed by atoms with Gasteiger partial charge in [-0.15, -0.1) is 0 Å². The van der Waals surface area contributed by atoms with Gasteiger partial charge >= 0.3 is 0 Å². The lowest BCUT2D eigenvalue weighted by atomic mass is 10.0. The molecular formula is C13H11NO2. The first-order valence-electron chi connectivity index (χ1n) is 4.76. The van der Waals surface area contributed by atoms with Crippen molar-refractivity contribution in [1.29, 1.82) is 5.26 Å². The summed E-state index contributed by atoms with van der Waals surface area (Å²) in [5.41, 5.74) is 1.74. The SMILES string of the molecule is CC(=O)c1cc(C)c(C#CCC#N)cc1O. The van der Waals surface area contributed by atoms with E-state index in [1.165, 1.54) is 13.0 Å². The van der Waals surface area contributed by atoms with E-state index in [1.807, 2.05) is 13.0 Å². The molecule has 0 unspecified atom stereocenters. The molecule has 0 fully saturated rings. The number of aromatic hydroxyl groups is 1. The van der Waals surface area contributed by atoms with Crippen molar-refractivity contribution in [1.82, 2.24) is 0 Å². The van der Waals surface area contributed by atoms with Crippen LogP contribution >= 0.6 is 0 Å². The number of carbonyl (C=O) groups excluding carboxylic acids is 1. The molecular weight excluding hydrogens is 202 g/mol. The normalized spacial score (nSPS) is 8.81.